The maximum atomic E-state index is 12.8. The van der Waals surface area contributed by atoms with Crippen LogP contribution < -0.4 is 15.4 Å². The van der Waals surface area contributed by atoms with Gasteiger partial charge in [-0.3, -0.25) is 9.59 Å². The highest BCUT2D eigenvalue weighted by Crippen LogP contribution is 2.23. The Bertz CT molecular complexity index is 833. The normalized spacial score (nSPS) is 11.8. The molecule has 2 rings (SSSR count). The molecule has 0 fully saturated rings. The summed E-state index contributed by atoms with van der Waals surface area (Å²) < 4.78 is 10.8. The first kappa shape index (κ1) is 21.4. The molecule has 6 heteroatoms. The minimum Gasteiger partial charge on any atom is -0.480 e. The van der Waals surface area contributed by atoms with Gasteiger partial charge in [0, 0.05) is 18.5 Å². The lowest BCUT2D eigenvalue weighted by molar-refractivity contribution is -0.124. The van der Waals surface area contributed by atoms with Crippen molar-refractivity contribution in [3.63, 3.8) is 0 Å². The average molecular weight is 384 g/mol. The van der Waals surface area contributed by atoms with E-state index in [4.69, 9.17) is 9.47 Å². The summed E-state index contributed by atoms with van der Waals surface area (Å²) in [5.74, 6) is 0.250. The highest BCUT2D eigenvalue weighted by Gasteiger charge is 2.25. The lowest BCUT2D eigenvalue weighted by atomic mass is 10.1. The van der Waals surface area contributed by atoms with Crippen molar-refractivity contribution in [3.8, 4) is 5.75 Å². The van der Waals surface area contributed by atoms with Gasteiger partial charge in [0.05, 0.1) is 0 Å². The quantitative estimate of drug-likeness (QED) is 0.723. The molecular formula is C22H28N2O4. The topological polar surface area (TPSA) is 76.7 Å². The Labute approximate surface area is 166 Å². The number of hydrogen-bond acceptors (Lipinski definition) is 4. The van der Waals surface area contributed by atoms with Crippen LogP contribution >= 0.6 is 0 Å². The number of methoxy groups -OCH3 is 1. The SMILES string of the molecule is COCC(=O)Nc1ccc(NC(=O)C(Oc2ccccc2C)C(C)C)cc1C. The molecule has 1 atom stereocenters. The van der Waals surface area contributed by atoms with Gasteiger partial charge in [-0.1, -0.05) is 32.0 Å². The van der Waals surface area contributed by atoms with E-state index in [1.54, 1.807) is 12.1 Å². The Morgan fingerprint density at radius 3 is 2.32 bits per heavy atom. The minimum absolute atomic E-state index is 0.00620. The zero-order chi connectivity index (χ0) is 20.7. The van der Waals surface area contributed by atoms with Crippen LogP contribution in [0.1, 0.15) is 25.0 Å². The van der Waals surface area contributed by atoms with Crippen LogP contribution in [-0.4, -0.2) is 31.6 Å². The molecule has 0 heterocycles. The second-order valence-corrected chi connectivity index (χ2v) is 7.05. The molecule has 6 nitrogen and oxygen atoms in total. The van der Waals surface area contributed by atoms with Crippen molar-refractivity contribution in [1.82, 2.24) is 0 Å². The summed E-state index contributed by atoms with van der Waals surface area (Å²) >= 11 is 0. The van der Waals surface area contributed by atoms with Crippen LogP contribution in [0, 0.1) is 19.8 Å². The van der Waals surface area contributed by atoms with Gasteiger partial charge in [0.15, 0.2) is 6.10 Å². The number of carbonyl (C=O) groups is 2. The van der Waals surface area contributed by atoms with Gasteiger partial charge in [-0.25, -0.2) is 0 Å². The summed E-state index contributed by atoms with van der Waals surface area (Å²) in [7, 11) is 1.47. The summed E-state index contributed by atoms with van der Waals surface area (Å²) in [6.07, 6.45) is -0.623. The third-order valence-electron chi connectivity index (χ3n) is 4.25. The Balaban J connectivity index is 2.10. The molecule has 0 spiro atoms. The van der Waals surface area contributed by atoms with Crippen LogP contribution in [0.4, 0.5) is 11.4 Å². The van der Waals surface area contributed by atoms with Gasteiger partial charge in [0.2, 0.25) is 5.91 Å². The first-order valence-electron chi connectivity index (χ1n) is 9.24. The molecule has 0 saturated heterocycles. The van der Waals surface area contributed by atoms with Crippen molar-refractivity contribution in [2.45, 2.75) is 33.8 Å². The number of nitrogens with one attached hydrogen (secondary N) is 2. The van der Waals surface area contributed by atoms with Crippen LogP contribution in [0.15, 0.2) is 42.5 Å². The van der Waals surface area contributed by atoms with E-state index in [2.05, 4.69) is 10.6 Å². The Morgan fingerprint density at radius 1 is 1.00 bits per heavy atom. The summed E-state index contributed by atoms with van der Waals surface area (Å²) in [6.45, 7) is 7.70. The third kappa shape index (κ3) is 5.82. The van der Waals surface area contributed by atoms with Crippen molar-refractivity contribution in [3.05, 3.63) is 53.6 Å². The van der Waals surface area contributed by atoms with Crippen LogP contribution in [0.5, 0.6) is 5.75 Å². The molecule has 0 aliphatic heterocycles. The van der Waals surface area contributed by atoms with Crippen LogP contribution in [0.2, 0.25) is 0 Å². The maximum Gasteiger partial charge on any atom is 0.265 e. The Kier molecular flexibility index (Phi) is 7.58. The second-order valence-electron chi connectivity index (χ2n) is 7.05. The zero-order valence-electron chi connectivity index (χ0n) is 17.0. The molecule has 2 amide bonds. The molecule has 0 saturated carbocycles. The minimum atomic E-state index is -0.623. The van der Waals surface area contributed by atoms with Gasteiger partial charge < -0.3 is 20.1 Å². The summed E-state index contributed by atoms with van der Waals surface area (Å²) in [5, 5.41) is 5.68. The van der Waals surface area contributed by atoms with E-state index < -0.39 is 6.10 Å². The van der Waals surface area contributed by atoms with E-state index in [1.807, 2.05) is 58.0 Å². The highest BCUT2D eigenvalue weighted by molar-refractivity contribution is 5.96. The summed E-state index contributed by atoms with van der Waals surface area (Å²) in [5.41, 5.74) is 3.14. The molecule has 0 aromatic heterocycles. The van der Waals surface area contributed by atoms with E-state index in [0.29, 0.717) is 17.1 Å². The van der Waals surface area contributed by atoms with Gasteiger partial charge in [0.25, 0.3) is 5.91 Å². The standard InChI is InChI=1S/C22H28N2O4/c1-14(2)21(28-19-9-7-6-8-15(19)3)22(26)23-17-10-11-18(16(4)12-17)24-20(25)13-27-5/h6-12,14,21H,13H2,1-5H3,(H,23,26)(H,24,25). The maximum absolute atomic E-state index is 12.8. The number of hydrogen-bond donors (Lipinski definition) is 2. The Hall–Kier alpha value is -2.86. The van der Waals surface area contributed by atoms with E-state index in [-0.39, 0.29) is 24.3 Å². The van der Waals surface area contributed by atoms with E-state index in [0.717, 1.165) is 11.1 Å². The third-order valence-corrected chi connectivity index (χ3v) is 4.25. The van der Waals surface area contributed by atoms with Gasteiger partial charge in [0.1, 0.15) is 12.4 Å². The first-order valence-corrected chi connectivity index (χ1v) is 9.24. The van der Waals surface area contributed by atoms with Crippen molar-refractivity contribution in [2.75, 3.05) is 24.4 Å². The van der Waals surface area contributed by atoms with Gasteiger partial charge in [-0.15, -0.1) is 0 Å². The lowest BCUT2D eigenvalue weighted by Gasteiger charge is -2.23. The monoisotopic (exact) mass is 384 g/mol. The van der Waals surface area contributed by atoms with Crippen molar-refractivity contribution in [1.29, 1.82) is 0 Å². The molecule has 2 aromatic carbocycles. The molecule has 0 radical (unpaired) electrons. The fourth-order valence-electron chi connectivity index (χ4n) is 2.73. The van der Waals surface area contributed by atoms with Crippen molar-refractivity contribution >= 4 is 23.2 Å². The predicted molar refractivity (Wildman–Crippen MR) is 111 cm³/mol. The largest absolute Gasteiger partial charge is 0.480 e. The van der Waals surface area contributed by atoms with E-state index in [9.17, 15) is 9.59 Å². The number of para-hydroxylation sites is 1. The summed E-state index contributed by atoms with van der Waals surface area (Å²) in [4.78, 5) is 24.5. The van der Waals surface area contributed by atoms with Crippen molar-refractivity contribution in [2.24, 2.45) is 5.92 Å². The molecule has 2 N–H and O–H groups in total. The highest BCUT2D eigenvalue weighted by atomic mass is 16.5. The number of anilines is 2. The fraction of sp³-hybridized carbons (Fsp3) is 0.364. The van der Waals surface area contributed by atoms with Crippen molar-refractivity contribution < 1.29 is 19.1 Å². The van der Waals surface area contributed by atoms with Gasteiger partial charge >= 0.3 is 0 Å². The molecular weight excluding hydrogens is 356 g/mol. The van der Waals surface area contributed by atoms with Gasteiger partial charge in [-0.05, 0) is 55.2 Å². The lowest BCUT2D eigenvalue weighted by Crippen LogP contribution is -2.37. The number of aryl methyl sites for hydroxylation is 2. The number of rotatable bonds is 8. The smallest absolute Gasteiger partial charge is 0.265 e. The van der Waals surface area contributed by atoms with Crippen LogP contribution in [0.25, 0.3) is 0 Å². The first-order chi connectivity index (χ1) is 13.3. The van der Waals surface area contributed by atoms with E-state index in [1.165, 1.54) is 7.11 Å². The number of amides is 2. The number of benzene rings is 2. The van der Waals surface area contributed by atoms with Crippen LogP contribution in [0.3, 0.4) is 0 Å². The van der Waals surface area contributed by atoms with Gasteiger partial charge in [-0.2, -0.15) is 0 Å². The molecule has 0 aliphatic carbocycles. The summed E-state index contributed by atoms with van der Waals surface area (Å²) in [6, 6.07) is 12.9. The van der Waals surface area contributed by atoms with Crippen LogP contribution in [-0.2, 0) is 14.3 Å². The molecule has 150 valence electrons. The fourth-order valence-corrected chi connectivity index (χ4v) is 2.73. The van der Waals surface area contributed by atoms with E-state index >= 15 is 0 Å². The number of carbonyl (C=O) groups excluding carboxylic acids is 2. The molecule has 0 aliphatic rings. The zero-order valence-corrected chi connectivity index (χ0v) is 17.0. The second kappa shape index (κ2) is 9.90. The average Bonchev–Trinajstić information content (AvgIpc) is 2.63. The predicted octanol–water partition coefficient (Wildman–Crippen LogP) is 3.93. The Morgan fingerprint density at radius 2 is 1.71 bits per heavy atom. The molecule has 28 heavy (non-hydrogen) atoms. The number of ether oxygens (including phenoxy) is 2. The molecule has 2 aromatic rings. The molecule has 1 unspecified atom stereocenters. The molecule has 0 bridgehead atoms.